The van der Waals surface area contributed by atoms with Gasteiger partial charge in [0.05, 0.1) is 6.04 Å². The van der Waals surface area contributed by atoms with E-state index in [-0.39, 0.29) is 0 Å². The molecule has 0 fully saturated rings. The molecule has 0 aliphatic carbocycles. The molecular formula is C10H8ClFN2O2S. The molecule has 2 aromatic heterocycles. The topological polar surface area (TPSA) is 54.9 Å². The second-order valence-corrected chi connectivity index (χ2v) is 4.62. The molecule has 0 amide bonds. The molecule has 0 saturated heterocycles. The van der Waals surface area contributed by atoms with Gasteiger partial charge < -0.3 is 0 Å². The third-order valence-corrected chi connectivity index (χ3v) is 3.41. The van der Waals surface area contributed by atoms with Gasteiger partial charge in [0.2, 0.25) is 5.82 Å². The molecule has 2 aromatic rings. The molecule has 0 spiro atoms. The van der Waals surface area contributed by atoms with Gasteiger partial charge in [0, 0.05) is 0 Å². The quantitative estimate of drug-likeness (QED) is 0.852. The lowest BCUT2D eigenvalue weighted by Crippen LogP contribution is -2.39. The number of nitrogens with zero attached hydrogens (tertiary/aromatic N) is 1. The average molecular weight is 275 g/mol. The number of hydrogen-bond donors (Lipinski definition) is 1. The summed E-state index contributed by atoms with van der Waals surface area (Å²) in [6, 6.07) is 1.23. The Hall–Kier alpha value is -1.40. The molecule has 0 aromatic carbocycles. The fourth-order valence-corrected chi connectivity index (χ4v) is 2.42. The van der Waals surface area contributed by atoms with Gasteiger partial charge in [-0.1, -0.05) is 11.6 Å². The first-order valence-electron chi connectivity index (χ1n) is 4.74. The molecule has 7 heteroatoms. The lowest BCUT2D eigenvalue weighted by atomic mass is 10.2. The van der Waals surface area contributed by atoms with Crippen LogP contribution in [-0.2, 0) is 0 Å². The van der Waals surface area contributed by atoms with E-state index in [0.29, 0.717) is 0 Å². The van der Waals surface area contributed by atoms with E-state index < -0.39 is 28.3 Å². The first-order valence-corrected chi connectivity index (χ1v) is 6.06. The Bertz CT molecular complexity index is 647. The van der Waals surface area contributed by atoms with Crippen molar-refractivity contribution in [3.05, 3.63) is 54.2 Å². The predicted molar refractivity (Wildman–Crippen MR) is 64.4 cm³/mol. The van der Waals surface area contributed by atoms with Gasteiger partial charge in [-0.05, 0) is 29.3 Å². The Balaban J connectivity index is 2.65. The number of aromatic amines is 1. The molecule has 4 nitrogen and oxygen atoms in total. The molecule has 0 radical (unpaired) electrons. The normalized spacial score (nSPS) is 12.6. The highest BCUT2D eigenvalue weighted by Crippen LogP contribution is 2.17. The van der Waals surface area contributed by atoms with Crippen molar-refractivity contribution in [1.82, 2.24) is 9.55 Å². The maximum Gasteiger partial charge on any atom is 0.330 e. The van der Waals surface area contributed by atoms with Crippen LogP contribution in [0.2, 0.25) is 5.15 Å². The van der Waals surface area contributed by atoms with Crippen molar-refractivity contribution >= 4 is 22.9 Å². The minimum absolute atomic E-state index is 0.538. The highest BCUT2D eigenvalue weighted by Gasteiger charge is 2.18. The minimum atomic E-state index is -1.15. The fraction of sp³-hybridized carbons (Fsp3) is 0.200. The van der Waals surface area contributed by atoms with Crippen LogP contribution in [0.1, 0.15) is 18.5 Å². The summed E-state index contributed by atoms with van der Waals surface area (Å²) in [6.07, 6.45) is 0. The van der Waals surface area contributed by atoms with E-state index in [1.807, 2.05) is 5.38 Å². The number of nitrogens with one attached hydrogen (secondary N) is 1. The van der Waals surface area contributed by atoms with Gasteiger partial charge in [0.15, 0.2) is 5.15 Å². The summed E-state index contributed by atoms with van der Waals surface area (Å²) in [5.74, 6) is -1.15. The van der Waals surface area contributed by atoms with Crippen LogP contribution in [0.3, 0.4) is 0 Å². The largest absolute Gasteiger partial charge is 0.330 e. The van der Waals surface area contributed by atoms with Crippen LogP contribution in [0.4, 0.5) is 4.39 Å². The number of rotatable bonds is 2. The molecular weight excluding hydrogens is 267 g/mol. The predicted octanol–water partition coefficient (Wildman–Crippen LogP) is 2.00. The standard InChI is InChI=1S/C10H8ClFN2O2S/c1-5(6-2-3-17-4-6)14-9(15)7(12)8(11)13-10(14)16/h2-5H,1H3,(H,13,16). The molecule has 1 N–H and O–H groups in total. The van der Waals surface area contributed by atoms with Crippen LogP contribution >= 0.6 is 22.9 Å². The van der Waals surface area contributed by atoms with Gasteiger partial charge in [0.1, 0.15) is 0 Å². The van der Waals surface area contributed by atoms with Crippen LogP contribution in [0.25, 0.3) is 0 Å². The Morgan fingerprint density at radius 3 is 2.82 bits per heavy atom. The van der Waals surface area contributed by atoms with E-state index in [0.717, 1.165) is 10.1 Å². The number of H-pyrrole nitrogens is 1. The van der Waals surface area contributed by atoms with Gasteiger partial charge in [0.25, 0.3) is 5.56 Å². The molecule has 0 saturated carbocycles. The zero-order chi connectivity index (χ0) is 12.6. The molecule has 1 atom stereocenters. The molecule has 1 unspecified atom stereocenters. The van der Waals surface area contributed by atoms with Gasteiger partial charge in [-0.3, -0.25) is 14.3 Å². The van der Waals surface area contributed by atoms with Crippen LogP contribution < -0.4 is 11.2 Å². The Labute approximate surface area is 104 Å². The van der Waals surface area contributed by atoms with Gasteiger partial charge in [-0.2, -0.15) is 15.7 Å². The second kappa shape index (κ2) is 4.46. The zero-order valence-corrected chi connectivity index (χ0v) is 10.3. The maximum atomic E-state index is 13.3. The van der Waals surface area contributed by atoms with Crippen molar-refractivity contribution < 1.29 is 4.39 Å². The van der Waals surface area contributed by atoms with Crippen molar-refractivity contribution in [1.29, 1.82) is 0 Å². The third-order valence-electron chi connectivity index (χ3n) is 2.45. The lowest BCUT2D eigenvalue weighted by molar-refractivity contribution is 0.516. The second-order valence-electron chi connectivity index (χ2n) is 3.47. The number of halogens is 2. The fourth-order valence-electron chi connectivity index (χ4n) is 1.51. The van der Waals surface area contributed by atoms with Crippen molar-refractivity contribution in [2.75, 3.05) is 0 Å². The van der Waals surface area contributed by atoms with Crippen molar-refractivity contribution in [2.24, 2.45) is 0 Å². The van der Waals surface area contributed by atoms with E-state index in [1.165, 1.54) is 11.3 Å². The Kier molecular flexibility index (Phi) is 3.17. The van der Waals surface area contributed by atoms with Crippen LogP contribution in [-0.4, -0.2) is 9.55 Å². The Morgan fingerprint density at radius 1 is 1.53 bits per heavy atom. The minimum Gasteiger partial charge on any atom is -0.295 e. The maximum absolute atomic E-state index is 13.3. The van der Waals surface area contributed by atoms with Crippen molar-refractivity contribution in [3.8, 4) is 0 Å². The number of aromatic nitrogens is 2. The van der Waals surface area contributed by atoms with Gasteiger partial charge >= 0.3 is 5.69 Å². The zero-order valence-electron chi connectivity index (χ0n) is 8.74. The highest BCUT2D eigenvalue weighted by molar-refractivity contribution is 7.07. The van der Waals surface area contributed by atoms with E-state index >= 15 is 0 Å². The monoisotopic (exact) mass is 274 g/mol. The molecule has 90 valence electrons. The number of thiophene rings is 1. The van der Waals surface area contributed by atoms with Crippen molar-refractivity contribution in [3.63, 3.8) is 0 Å². The Morgan fingerprint density at radius 2 is 2.24 bits per heavy atom. The summed E-state index contributed by atoms with van der Waals surface area (Å²) in [5, 5.41) is 3.05. The van der Waals surface area contributed by atoms with E-state index in [2.05, 4.69) is 4.98 Å². The highest BCUT2D eigenvalue weighted by atomic mass is 35.5. The smallest absolute Gasteiger partial charge is 0.295 e. The summed E-state index contributed by atoms with van der Waals surface area (Å²) < 4.78 is 14.1. The van der Waals surface area contributed by atoms with Crippen LogP contribution in [0.5, 0.6) is 0 Å². The average Bonchev–Trinajstić information content (AvgIpc) is 2.79. The van der Waals surface area contributed by atoms with E-state index in [9.17, 15) is 14.0 Å². The first kappa shape index (κ1) is 12.1. The van der Waals surface area contributed by atoms with Crippen LogP contribution in [0, 0.1) is 5.82 Å². The third kappa shape index (κ3) is 2.05. The summed E-state index contributed by atoms with van der Waals surface area (Å²) in [6.45, 7) is 1.64. The molecule has 17 heavy (non-hydrogen) atoms. The molecule has 0 bridgehead atoms. The summed E-state index contributed by atoms with van der Waals surface area (Å²) >= 11 is 6.81. The van der Waals surface area contributed by atoms with Crippen molar-refractivity contribution in [2.45, 2.75) is 13.0 Å². The lowest BCUT2D eigenvalue weighted by Gasteiger charge is -2.12. The van der Waals surface area contributed by atoms with E-state index in [4.69, 9.17) is 11.6 Å². The first-order chi connectivity index (χ1) is 8.02. The molecule has 0 aliphatic heterocycles. The SMILES string of the molecule is CC(c1ccsc1)n1c(=O)[nH]c(Cl)c(F)c1=O. The molecule has 2 heterocycles. The number of hydrogen-bond acceptors (Lipinski definition) is 3. The van der Waals surface area contributed by atoms with E-state index in [1.54, 1.807) is 18.4 Å². The summed E-state index contributed by atoms with van der Waals surface area (Å²) in [5.41, 5.74) is -0.970. The summed E-state index contributed by atoms with van der Waals surface area (Å²) in [7, 11) is 0. The molecule has 0 aliphatic rings. The summed E-state index contributed by atoms with van der Waals surface area (Å²) in [4.78, 5) is 25.3. The van der Waals surface area contributed by atoms with Crippen LogP contribution in [0.15, 0.2) is 26.4 Å². The molecule has 2 rings (SSSR count). The van der Waals surface area contributed by atoms with Gasteiger partial charge in [-0.25, -0.2) is 4.79 Å². The van der Waals surface area contributed by atoms with Gasteiger partial charge in [-0.15, -0.1) is 0 Å².